The first-order valence-corrected chi connectivity index (χ1v) is 29.0. The van der Waals surface area contributed by atoms with E-state index in [1.807, 2.05) is 42.5 Å². The molecular formula is C74H90O7. The molecule has 7 aromatic rings. The lowest BCUT2D eigenvalue weighted by atomic mass is 9.79. The molecule has 0 radical (unpaired) electrons. The van der Waals surface area contributed by atoms with Gasteiger partial charge in [-0.15, -0.1) is 0 Å². The molecule has 1 aliphatic carbocycles. The molecule has 12 bridgehead atoms. The van der Waals surface area contributed by atoms with Crippen LogP contribution in [0.5, 0.6) is 34.5 Å². The highest BCUT2D eigenvalue weighted by Gasteiger charge is 2.30. The summed E-state index contributed by atoms with van der Waals surface area (Å²) in [6.07, 6.45) is 1.35. The van der Waals surface area contributed by atoms with Gasteiger partial charge in [0.1, 0.15) is 34.5 Å². The van der Waals surface area contributed by atoms with Crippen molar-refractivity contribution in [2.45, 2.75) is 196 Å². The zero-order chi connectivity index (χ0) is 59.7. The zero-order valence-electron chi connectivity index (χ0n) is 51.8. The smallest absolute Gasteiger partial charge is 0.200 e. The van der Waals surface area contributed by atoms with Gasteiger partial charge in [-0.3, -0.25) is 4.79 Å². The Morgan fingerprint density at radius 3 is 0.704 bits per heavy atom. The number of rotatable bonds is 4. The normalized spacial score (nSPS) is 13.9. The molecule has 428 valence electrons. The Bertz CT molecular complexity index is 3350. The number of hydrogen-bond donors (Lipinski definition) is 5. The number of Topliss-reactive ketones (excluding diaryl/α,β-unsaturated/α-hetero) is 1. The van der Waals surface area contributed by atoms with Gasteiger partial charge in [-0.1, -0.05) is 228 Å². The monoisotopic (exact) mass is 1090 g/mol. The topological polar surface area (TPSA) is 127 Å². The van der Waals surface area contributed by atoms with E-state index >= 15 is 0 Å². The van der Waals surface area contributed by atoms with E-state index in [1.54, 1.807) is 12.1 Å². The fourth-order valence-corrected chi connectivity index (χ4v) is 11.0. The maximum Gasteiger partial charge on any atom is 0.200 e. The number of aromatic hydroxyl groups is 5. The average molecular weight is 1090 g/mol. The predicted octanol–water partition coefficient (Wildman–Crippen LogP) is 17.1. The summed E-state index contributed by atoms with van der Waals surface area (Å²) in [6, 6.07) is 34.0. The molecule has 5 N–H and O–H groups in total. The summed E-state index contributed by atoms with van der Waals surface area (Å²) in [5.41, 5.74) is 12.7. The predicted molar refractivity (Wildman–Crippen MR) is 332 cm³/mol. The molecule has 0 saturated heterocycles. The van der Waals surface area contributed by atoms with Gasteiger partial charge in [-0.05, 0) is 133 Å². The summed E-state index contributed by atoms with van der Waals surface area (Å²) < 4.78 is 6.87. The first-order chi connectivity index (χ1) is 37.4. The Hall–Kier alpha value is -6.99. The minimum absolute atomic E-state index is 0.101. The number of ether oxygens (including phenoxy) is 1. The third-order valence-electron chi connectivity index (χ3n) is 16.5. The first kappa shape index (κ1) is 60.1. The van der Waals surface area contributed by atoms with Crippen molar-refractivity contribution < 1.29 is 35.1 Å². The van der Waals surface area contributed by atoms with E-state index in [4.69, 9.17) is 4.74 Å². The molecule has 8 rings (SSSR count). The Kier molecular flexibility index (Phi) is 16.1. The van der Waals surface area contributed by atoms with E-state index in [9.17, 15) is 30.3 Å². The van der Waals surface area contributed by atoms with E-state index < -0.39 is 0 Å². The van der Waals surface area contributed by atoms with Crippen LogP contribution in [0.3, 0.4) is 0 Å². The highest BCUT2D eigenvalue weighted by Crippen LogP contribution is 2.45. The molecule has 0 spiro atoms. The van der Waals surface area contributed by atoms with Crippen LogP contribution in [0, 0.1) is 0 Å². The van der Waals surface area contributed by atoms with Crippen molar-refractivity contribution >= 4 is 5.78 Å². The van der Waals surface area contributed by atoms with Gasteiger partial charge >= 0.3 is 0 Å². The van der Waals surface area contributed by atoms with Gasteiger partial charge < -0.3 is 30.3 Å². The summed E-state index contributed by atoms with van der Waals surface area (Å²) >= 11 is 0. The number of carbonyl (C=O) groups excluding carboxylic acids is 1. The molecule has 7 heteroatoms. The number of carbonyl (C=O) groups is 1. The number of benzene rings is 7. The van der Waals surface area contributed by atoms with E-state index in [-0.39, 0.29) is 112 Å². The SMILES string of the molecule is CC(C)(C)c1cc2c(O)c(c1)Cc1cc(C(C)(C)C)cc(c1O)Cc1cc(C(C)(C)C)cc(c1O)Cc1cc(C(C)(C)C)cc(c1OCC(=O)c1ccccc1)Cc1cc(C(C)(C)C)cc(c1O)Cc1cc(C(C)(C)C)cc(c1O)C2. The molecule has 0 unspecified atom stereocenters. The van der Waals surface area contributed by atoms with Crippen molar-refractivity contribution in [2.75, 3.05) is 6.61 Å². The highest BCUT2D eigenvalue weighted by atomic mass is 16.5. The van der Waals surface area contributed by atoms with E-state index in [2.05, 4.69) is 173 Å². The van der Waals surface area contributed by atoms with Crippen LogP contribution >= 0.6 is 0 Å². The van der Waals surface area contributed by atoms with Crippen LogP contribution in [0.1, 0.15) is 235 Å². The minimum Gasteiger partial charge on any atom is -0.507 e. The standard InChI is InChI=1S/C74H90O7/c1-69(2,3)56-30-44-24-46-32-57(70(4,5)6)34-48(64(46)77)26-50-36-59(72(10,11)12)38-52(66(50)79)28-54-40-61(74(16,17)18)41-55(68(54)81-42-62(75)43-22-20-19-21-23-43)29-53-39-60(73(13,14)15)37-51(67(53)80)27-49-35-58(71(7,8)9)33-47(65(49)78)25-45(31-56)63(44)76/h19-23,30-41,76-80H,24-29,42H2,1-18H3. The molecule has 0 aliphatic heterocycles. The summed E-state index contributed by atoms with van der Waals surface area (Å²) in [4.78, 5) is 14.0. The fourth-order valence-electron chi connectivity index (χ4n) is 11.0. The van der Waals surface area contributed by atoms with E-state index in [0.717, 1.165) is 44.5 Å². The third-order valence-corrected chi connectivity index (χ3v) is 16.5. The van der Waals surface area contributed by atoms with Gasteiger partial charge in [0.2, 0.25) is 0 Å². The molecular weight excluding hydrogens is 1000 g/mol. The van der Waals surface area contributed by atoms with Crippen LogP contribution < -0.4 is 4.74 Å². The summed E-state index contributed by atoms with van der Waals surface area (Å²) in [6.45, 7) is 38.6. The van der Waals surface area contributed by atoms with Crippen LogP contribution in [0.15, 0.2) is 103 Å². The number of fused-ring (bicyclic) bond motifs is 12. The highest BCUT2D eigenvalue weighted by molar-refractivity contribution is 5.97. The Balaban J connectivity index is 1.47. The molecule has 7 aromatic carbocycles. The first-order valence-electron chi connectivity index (χ1n) is 29.0. The third kappa shape index (κ3) is 13.4. The molecule has 0 heterocycles. The molecule has 81 heavy (non-hydrogen) atoms. The second-order valence-electron chi connectivity index (χ2n) is 29.5. The van der Waals surface area contributed by atoms with Crippen molar-refractivity contribution in [1.82, 2.24) is 0 Å². The van der Waals surface area contributed by atoms with Crippen molar-refractivity contribution in [3.05, 3.63) is 209 Å². The molecule has 0 fully saturated rings. The number of ketones is 1. The van der Waals surface area contributed by atoms with Crippen molar-refractivity contribution in [3.8, 4) is 34.5 Å². The lowest BCUT2D eigenvalue weighted by Crippen LogP contribution is -2.17. The lowest BCUT2D eigenvalue weighted by molar-refractivity contribution is 0.0920. The average Bonchev–Trinajstić information content (AvgIpc) is 3.50. The summed E-state index contributed by atoms with van der Waals surface area (Å²) in [5.74, 6) is 0.843. The van der Waals surface area contributed by atoms with E-state index in [0.29, 0.717) is 66.9 Å². The molecule has 1 aliphatic rings. The van der Waals surface area contributed by atoms with Crippen LogP contribution in [0.4, 0.5) is 0 Å². The Morgan fingerprint density at radius 1 is 0.321 bits per heavy atom. The van der Waals surface area contributed by atoms with Crippen molar-refractivity contribution in [2.24, 2.45) is 0 Å². The van der Waals surface area contributed by atoms with Crippen molar-refractivity contribution in [1.29, 1.82) is 0 Å². The second kappa shape index (κ2) is 21.7. The Labute approximate surface area is 484 Å². The summed E-state index contributed by atoms with van der Waals surface area (Å²) in [5, 5.41) is 63.5. The van der Waals surface area contributed by atoms with Crippen LogP contribution in [-0.2, 0) is 71.0 Å². The molecule has 0 atom stereocenters. The molecule has 0 amide bonds. The minimum atomic E-state index is -0.350. The quantitative estimate of drug-likeness (QED) is 0.111. The maximum absolute atomic E-state index is 14.0. The van der Waals surface area contributed by atoms with Gasteiger partial charge in [0.15, 0.2) is 12.4 Å². The molecule has 0 saturated carbocycles. The van der Waals surface area contributed by atoms with Gasteiger partial charge in [0.25, 0.3) is 0 Å². The number of phenols is 5. The number of phenolic OH excluding ortho intramolecular Hbond substituents is 5. The zero-order valence-corrected chi connectivity index (χ0v) is 51.8. The van der Waals surface area contributed by atoms with Gasteiger partial charge in [-0.2, -0.15) is 0 Å². The maximum atomic E-state index is 14.0. The van der Waals surface area contributed by atoms with E-state index in [1.165, 1.54) is 0 Å². The van der Waals surface area contributed by atoms with Crippen molar-refractivity contribution in [3.63, 3.8) is 0 Å². The largest absolute Gasteiger partial charge is 0.507 e. The number of hydrogen-bond acceptors (Lipinski definition) is 7. The summed E-state index contributed by atoms with van der Waals surface area (Å²) in [7, 11) is 0. The van der Waals surface area contributed by atoms with Crippen LogP contribution in [0.2, 0.25) is 0 Å². The molecule has 7 nitrogen and oxygen atoms in total. The van der Waals surface area contributed by atoms with Gasteiger partial charge in [0.05, 0.1) is 0 Å². The lowest BCUT2D eigenvalue weighted by Gasteiger charge is -2.27. The second-order valence-corrected chi connectivity index (χ2v) is 29.5. The fraction of sp³-hybridized carbons (Fsp3) is 0.419. The van der Waals surface area contributed by atoms with Gasteiger partial charge in [0, 0.05) is 44.1 Å². The molecule has 0 aromatic heterocycles. The van der Waals surface area contributed by atoms with Crippen LogP contribution in [-0.4, -0.2) is 37.9 Å². The Morgan fingerprint density at radius 2 is 0.506 bits per heavy atom. The van der Waals surface area contributed by atoms with Gasteiger partial charge in [-0.25, -0.2) is 0 Å². The van der Waals surface area contributed by atoms with Crippen LogP contribution in [0.25, 0.3) is 0 Å².